The first-order chi connectivity index (χ1) is 10.9. The van der Waals surface area contributed by atoms with Gasteiger partial charge in [0.25, 0.3) is 0 Å². The smallest absolute Gasteiger partial charge is 0.128 e. The summed E-state index contributed by atoms with van der Waals surface area (Å²) >= 11 is 1.63. The van der Waals surface area contributed by atoms with Crippen molar-refractivity contribution in [2.75, 3.05) is 6.54 Å². The summed E-state index contributed by atoms with van der Waals surface area (Å²) in [5.41, 5.74) is 0.315. The monoisotopic (exact) mass is 338 g/mol. The molecule has 1 N–H and O–H groups in total. The van der Waals surface area contributed by atoms with Crippen molar-refractivity contribution in [3.63, 3.8) is 0 Å². The average molecular weight is 338 g/mol. The summed E-state index contributed by atoms with van der Waals surface area (Å²) < 4.78 is 27.6. The highest BCUT2D eigenvalue weighted by Gasteiger charge is 2.34. The van der Waals surface area contributed by atoms with Gasteiger partial charge < -0.3 is 5.11 Å². The van der Waals surface area contributed by atoms with Crippen molar-refractivity contribution in [1.82, 2.24) is 9.88 Å². The average Bonchev–Trinajstić information content (AvgIpc) is 3.09. The second-order valence-corrected chi connectivity index (χ2v) is 7.47. The molecule has 1 aromatic carbocycles. The molecule has 0 bridgehead atoms. The molecule has 2 heterocycles. The molecule has 0 radical (unpaired) electrons. The largest absolute Gasteiger partial charge is 0.392 e. The van der Waals surface area contributed by atoms with Crippen LogP contribution in [0, 0.1) is 11.6 Å². The van der Waals surface area contributed by atoms with E-state index in [0.717, 1.165) is 22.0 Å². The Morgan fingerprint density at radius 2 is 2.17 bits per heavy atom. The number of nitrogens with zero attached hydrogens (tertiary/aromatic N) is 2. The fourth-order valence-corrected chi connectivity index (χ4v) is 3.96. The number of aliphatic hydroxyl groups excluding tert-OH is 1. The van der Waals surface area contributed by atoms with Gasteiger partial charge in [-0.25, -0.2) is 13.8 Å². The number of likely N-dealkylation sites (tertiary alicyclic amines) is 1. The van der Waals surface area contributed by atoms with Crippen molar-refractivity contribution in [2.45, 2.75) is 44.9 Å². The van der Waals surface area contributed by atoms with E-state index < -0.39 is 17.7 Å². The minimum atomic E-state index is -0.528. The SMILES string of the molecule is CC(C)c1ncc(CN2CC(O)CC2c2cc(F)ccc2F)s1. The molecule has 0 spiro atoms. The molecular formula is C17H20F2N2OS. The first kappa shape index (κ1) is 16.5. The van der Waals surface area contributed by atoms with Gasteiger partial charge in [0.15, 0.2) is 0 Å². The molecule has 3 nitrogen and oxygen atoms in total. The van der Waals surface area contributed by atoms with Gasteiger partial charge in [0.1, 0.15) is 11.6 Å². The lowest BCUT2D eigenvalue weighted by molar-refractivity contribution is 0.173. The van der Waals surface area contributed by atoms with Crippen molar-refractivity contribution in [1.29, 1.82) is 0 Å². The molecule has 124 valence electrons. The summed E-state index contributed by atoms with van der Waals surface area (Å²) in [7, 11) is 0. The van der Waals surface area contributed by atoms with Crippen LogP contribution in [0.2, 0.25) is 0 Å². The number of benzene rings is 1. The molecule has 1 aliphatic rings. The summed E-state index contributed by atoms with van der Waals surface area (Å²) in [6.45, 7) is 5.22. The van der Waals surface area contributed by atoms with E-state index in [-0.39, 0.29) is 6.04 Å². The molecule has 1 saturated heterocycles. The second kappa shape index (κ2) is 6.63. The molecule has 6 heteroatoms. The Hall–Kier alpha value is -1.37. The zero-order chi connectivity index (χ0) is 16.6. The van der Waals surface area contributed by atoms with Gasteiger partial charge in [-0.05, 0) is 24.6 Å². The summed E-state index contributed by atoms with van der Waals surface area (Å²) in [4.78, 5) is 7.48. The lowest BCUT2D eigenvalue weighted by Gasteiger charge is -2.24. The second-order valence-electron chi connectivity index (χ2n) is 6.32. The Balaban J connectivity index is 1.83. The Morgan fingerprint density at radius 3 is 2.87 bits per heavy atom. The molecule has 0 saturated carbocycles. The fourth-order valence-electron chi connectivity index (χ4n) is 3.01. The first-order valence-corrected chi connectivity index (χ1v) is 8.57. The third-order valence-electron chi connectivity index (χ3n) is 4.12. The lowest BCUT2D eigenvalue weighted by Crippen LogP contribution is -2.24. The molecule has 2 atom stereocenters. The molecule has 23 heavy (non-hydrogen) atoms. The van der Waals surface area contributed by atoms with Crippen LogP contribution in [-0.4, -0.2) is 27.6 Å². The third kappa shape index (κ3) is 3.59. The van der Waals surface area contributed by atoms with Crippen molar-refractivity contribution in [3.8, 4) is 0 Å². The van der Waals surface area contributed by atoms with Gasteiger partial charge in [-0.15, -0.1) is 11.3 Å². The highest BCUT2D eigenvalue weighted by molar-refractivity contribution is 7.11. The van der Waals surface area contributed by atoms with Gasteiger partial charge in [-0.1, -0.05) is 13.8 Å². The molecule has 3 rings (SSSR count). The van der Waals surface area contributed by atoms with E-state index in [9.17, 15) is 13.9 Å². The number of aromatic nitrogens is 1. The van der Waals surface area contributed by atoms with E-state index in [0.29, 0.717) is 31.0 Å². The zero-order valence-corrected chi connectivity index (χ0v) is 14.0. The van der Waals surface area contributed by atoms with Crippen molar-refractivity contribution >= 4 is 11.3 Å². The predicted octanol–water partition coefficient (Wildman–Crippen LogP) is 3.85. The highest BCUT2D eigenvalue weighted by atomic mass is 32.1. The fraction of sp³-hybridized carbons (Fsp3) is 0.471. The minimum Gasteiger partial charge on any atom is -0.392 e. The molecule has 2 unspecified atom stereocenters. The van der Waals surface area contributed by atoms with Crippen LogP contribution in [0.15, 0.2) is 24.4 Å². The van der Waals surface area contributed by atoms with Gasteiger partial charge in [-0.2, -0.15) is 0 Å². The summed E-state index contributed by atoms with van der Waals surface area (Å²) in [5.74, 6) is -0.514. The van der Waals surface area contributed by atoms with E-state index in [1.54, 1.807) is 11.3 Å². The van der Waals surface area contributed by atoms with Gasteiger partial charge in [0, 0.05) is 41.7 Å². The Morgan fingerprint density at radius 1 is 1.39 bits per heavy atom. The van der Waals surface area contributed by atoms with Crippen LogP contribution in [0.1, 0.15) is 47.7 Å². The Kier molecular flexibility index (Phi) is 4.75. The van der Waals surface area contributed by atoms with E-state index in [4.69, 9.17) is 0 Å². The molecule has 0 aliphatic carbocycles. The molecule has 2 aromatic rings. The number of halogens is 2. The van der Waals surface area contributed by atoms with Crippen molar-refractivity contribution < 1.29 is 13.9 Å². The topological polar surface area (TPSA) is 36.4 Å². The number of hydrogen-bond donors (Lipinski definition) is 1. The van der Waals surface area contributed by atoms with E-state index >= 15 is 0 Å². The number of hydrogen-bond acceptors (Lipinski definition) is 4. The Labute approximate surface area is 138 Å². The third-order valence-corrected chi connectivity index (χ3v) is 5.41. The number of aliphatic hydroxyl groups is 1. The van der Waals surface area contributed by atoms with Gasteiger partial charge in [0.2, 0.25) is 0 Å². The standard InChI is InChI=1S/C17H20F2N2OS/c1-10(2)17-20-7-13(23-17)9-21-8-12(22)6-16(21)14-5-11(18)3-4-15(14)19/h3-5,7,10,12,16,22H,6,8-9H2,1-2H3. The lowest BCUT2D eigenvalue weighted by atomic mass is 10.0. The molecule has 1 aliphatic heterocycles. The van der Waals surface area contributed by atoms with Crippen LogP contribution in [0.25, 0.3) is 0 Å². The number of thiazole rings is 1. The number of β-amino-alcohol motifs (C(OH)–C–C–N with tert-alkyl or cyclic N) is 1. The van der Waals surface area contributed by atoms with Crippen LogP contribution in [0.3, 0.4) is 0 Å². The maximum absolute atomic E-state index is 14.1. The quantitative estimate of drug-likeness (QED) is 0.920. The zero-order valence-electron chi connectivity index (χ0n) is 13.2. The first-order valence-electron chi connectivity index (χ1n) is 7.75. The van der Waals surface area contributed by atoms with Crippen LogP contribution >= 0.6 is 11.3 Å². The predicted molar refractivity (Wildman–Crippen MR) is 86.3 cm³/mol. The van der Waals surface area contributed by atoms with Gasteiger partial charge in [0.05, 0.1) is 11.1 Å². The maximum atomic E-state index is 14.1. The van der Waals surface area contributed by atoms with Crippen LogP contribution < -0.4 is 0 Å². The van der Waals surface area contributed by atoms with E-state index in [2.05, 4.69) is 18.8 Å². The summed E-state index contributed by atoms with van der Waals surface area (Å²) in [6, 6.07) is 3.19. The van der Waals surface area contributed by atoms with Crippen LogP contribution in [-0.2, 0) is 6.54 Å². The van der Waals surface area contributed by atoms with Crippen molar-refractivity contribution in [3.05, 3.63) is 51.5 Å². The minimum absolute atomic E-state index is 0.315. The molecule has 1 aromatic heterocycles. The van der Waals surface area contributed by atoms with E-state index in [1.165, 1.54) is 6.07 Å². The van der Waals surface area contributed by atoms with Gasteiger partial charge in [-0.3, -0.25) is 4.90 Å². The van der Waals surface area contributed by atoms with Gasteiger partial charge >= 0.3 is 0 Å². The highest BCUT2D eigenvalue weighted by Crippen LogP contribution is 2.36. The number of rotatable bonds is 4. The molecule has 0 amide bonds. The summed E-state index contributed by atoms with van der Waals surface area (Å²) in [6.07, 6.45) is 1.72. The normalized spacial score (nSPS) is 22.2. The van der Waals surface area contributed by atoms with E-state index in [1.807, 2.05) is 11.1 Å². The molecular weight excluding hydrogens is 318 g/mol. The van der Waals surface area contributed by atoms with Crippen molar-refractivity contribution in [2.24, 2.45) is 0 Å². The van der Waals surface area contributed by atoms with Crippen LogP contribution in [0.5, 0.6) is 0 Å². The molecule has 1 fully saturated rings. The summed E-state index contributed by atoms with van der Waals surface area (Å²) in [5, 5.41) is 11.1. The maximum Gasteiger partial charge on any atom is 0.128 e. The van der Waals surface area contributed by atoms with Crippen LogP contribution in [0.4, 0.5) is 8.78 Å². The Bertz CT molecular complexity index is 689.